The summed E-state index contributed by atoms with van der Waals surface area (Å²) in [5.41, 5.74) is 2.62. The molecule has 1 aromatic heterocycles. The van der Waals surface area contributed by atoms with Gasteiger partial charge in [0.25, 0.3) is 0 Å². The Hall–Kier alpha value is -2.55. The summed E-state index contributed by atoms with van der Waals surface area (Å²) >= 11 is 2.22. The summed E-state index contributed by atoms with van der Waals surface area (Å²) in [5.74, 6) is -1.11. The third-order valence-corrected chi connectivity index (χ3v) is 4.88. The molecule has 3 rings (SSSR count). The number of aliphatic carboxylic acids is 1. The van der Waals surface area contributed by atoms with E-state index in [4.69, 9.17) is 4.74 Å². The molecule has 134 valence electrons. The van der Waals surface area contributed by atoms with Crippen molar-refractivity contribution < 1.29 is 19.4 Å². The predicted octanol–water partition coefficient (Wildman–Crippen LogP) is 3.69. The Morgan fingerprint density at radius 2 is 1.92 bits per heavy atom. The van der Waals surface area contributed by atoms with E-state index in [0.717, 1.165) is 25.6 Å². The minimum absolute atomic E-state index is 0.0876. The van der Waals surface area contributed by atoms with Gasteiger partial charge in [0.2, 0.25) is 0 Å². The van der Waals surface area contributed by atoms with Crippen LogP contribution in [0.15, 0.2) is 54.7 Å². The van der Waals surface area contributed by atoms with Gasteiger partial charge in [0.05, 0.1) is 5.52 Å². The highest BCUT2D eigenvalue weighted by Crippen LogP contribution is 2.24. The van der Waals surface area contributed by atoms with Crippen LogP contribution in [-0.2, 0) is 22.6 Å². The standard InChI is InChI=1S/C19H17IN2O4/c20-15-8-4-7-14-13(10-21-17(14)15)9-16(18(23)24)22-19(25)26-11-12-5-2-1-3-6-12/h1-8,10,16,21H,9,11H2,(H,22,25)(H,23,24)/t16-/m0/s1. The number of aromatic amines is 1. The average molecular weight is 464 g/mol. The Bertz CT molecular complexity index is 924. The van der Waals surface area contributed by atoms with Crippen LogP contribution >= 0.6 is 22.6 Å². The van der Waals surface area contributed by atoms with Crippen molar-refractivity contribution in [3.8, 4) is 0 Å². The monoisotopic (exact) mass is 464 g/mol. The normalized spacial score (nSPS) is 11.9. The Morgan fingerprint density at radius 3 is 2.65 bits per heavy atom. The fourth-order valence-corrected chi connectivity index (χ4v) is 3.33. The molecule has 0 fully saturated rings. The second-order valence-electron chi connectivity index (χ2n) is 5.78. The van der Waals surface area contributed by atoms with Crippen LogP contribution in [-0.4, -0.2) is 28.2 Å². The summed E-state index contributed by atoms with van der Waals surface area (Å²) in [4.78, 5) is 26.7. The summed E-state index contributed by atoms with van der Waals surface area (Å²) < 4.78 is 6.16. The quantitative estimate of drug-likeness (QED) is 0.486. The molecule has 0 saturated heterocycles. The van der Waals surface area contributed by atoms with Crippen molar-refractivity contribution >= 4 is 45.6 Å². The second kappa shape index (κ2) is 8.22. The number of halogens is 1. The Balaban J connectivity index is 1.66. The first kappa shape index (κ1) is 18.2. The number of hydrogen-bond donors (Lipinski definition) is 3. The van der Waals surface area contributed by atoms with Crippen molar-refractivity contribution in [2.75, 3.05) is 0 Å². The molecule has 3 N–H and O–H groups in total. The molecule has 0 aliphatic carbocycles. The number of fused-ring (bicyclic) bond motifs is 1. The highest BCUT2D eigenvalue weighted by atomic mass is 127. The van der Waals surface area contributed by atoms with Crippen molar-refractivity contribution in [1.82, 2.24) is 10.3 Å². The topological polar surface area (TPSA) is 91.4 Å². The maximum Gasteiger partial charge on any atom is 0.408 e. The number of para-hydroxylation sites is 1. The lowest BCUT2D eigenvalue weighted by Gasteiger charge is -2.14. The number of carbonyl (C=O) groups is 2. The number of ether oxygens (including phenoxy) is 1. The van der Waals surface area contributed by atoms with Crippen LogP contribution in [0.25, 0.3) is 10.9 Å². The fraction of sp³-hybridized carbons (Fsp3) is 0.158. The van der Waals surface area contributed by atoms with E-state index in [0.29, 0.717) is 0 Å². The number of benzene rings is 2. The van der Waals surface area contributed by atoms with Gasteiger partial charge in [-0.1, -0.05) is 42.5 Å². The van der Waals surface area contributed by atoms with E-state index in [-0.39, 0.29) is 13.0 Å². The zero-order chi connectivity index (χ0) is 18.5. The first-order valence-electron chi connectivity index (χ1n) is 7.99. The first-order valence-corrected chi connectivity index (χ1v) is 9.07. The molecular formula is C19H17IN2O4. The lowest BCUT2D eigenvalue weighted by Crippen LogP contribution is -2.42. The number of hydrogen-bond acceptors (Lipinski definition) is 3. The lowest BCUT2D eigenvalue weighted by atomic mass is 10.1. The number of aromatic nitrogens is 1. The zero-order valence-corrected chi connectivity index (χ0v) is 15.9. The number of carboxylic acid groups (broad SMARTS) is 1. The molecule has 7 heteroatoms. The maximum atomic E-state index is 12.0. The van der Waals surface area contributed by atoms with Crippen molar-refractivity contribution in [2.24, 2.45) is 0 Å². The molecule has 2 aromatic carbocycles. The average Bonchev–Trinajstić information content (AvgIpc) is 3.04. The number of carbonyl (C=O) groups excluding carboxylic acids is 1. The molecule has 0 saturated carbocycles. The molecule has 1 amide bonds. The van der Waals surface area contributed by atoms with Gasteiger partial charge in [-0.25, -0.2) is 9.59 Å². The van der Waals surface area contributed by atoms with Gasteiger partial charge in [-0.3, -0.25) is 0 Å². The summed E-state index contributed by atoms with van der Waals surface area (Å²) in [6.07, 6.45) is 1.19. The highest BCUT2D eigenvalue weighted by Gasteiger charge is 2.22. The van der Waals surface area contributed by atoms with Gasteiger partial charge in [-0.15, -0.1) is 0 Å². The van der Waals surface area contributed by atoms with Gasteiger partial charge in [0.1, 0.15) is 12.6 Å². The minimum Gasteiger partial charge on any atom is -0.480 e. The molecule has 6 nitrogen and oxygen atoms in total. The first-order chi connectivity index (χ1) is 12.5. The van der Waals surface area contributed by atoms with E-state index in [9.17, 15) is 14.7 Å². The van der Waals surface area contributed by atoms with E-state index in [2.05, 4.69) is 32.9 Å². The summed E-state index contributed by atoms with van der Waals surface area (Å²) in [7, 11) is 0. The fourth-order valence-electron chi connectivity index (χ4n) is 2.67. The predicted molar refractivity (Wildman–Crippen MR) is 106 cm³/mol. The Kier molecular flexibility index (Phi) is 5.77. The van der Waals surface area contributed by atoms with E-state index in [1.165, 1.54) is 0 Å². The molecule has 0 unspecified atom stereocenters. The second-order valence-corrected chi connectivity index (χ2v) is 6.94. The van der Waals surface area contributed by atoms with Crippen molar-refractivity contribution in [2.45, 2.75) is 19.1 Å². The van der Waals surface area contributed by atoms with Gasteiger partial charge in [-0.05, 0) is 39.8 Å². The number of rotatable bonds is 6. The number of amides is 1. The van der Waals surface area contributed by atoms with Crippen LogP contribution in [0.1, 0.15) is 11.1 Å². The Labute approximate surface area is 163 Å². The van der Waals surface area contributed by atoms with Gasteiger partial charge in [0, 0.05) is 21.6 Å². The van der Waals surface area contributed by atoms with Crippen LogP contribution in [0.2, 0.25) is 0 Å². The highest BCUT2D eigenvalue weighted by molar-refractivity contribution is 14.1. The van der Waals surface area contributed by atoms with Crippen LogP contribution in [0.4, 0.5) is 4.79 Å². The van der Waals surface area contributed by atoms with E-state index in [1.54, 1.807) is 6.20 Å². The smallest absolute Gasteiger partial charge is 0.408 e. The van der Waals surface area contributed by atoms with Gasteiger partial charge >= 0.3 is 12.1 Å². The molecule has 0 bridgehead atoms. The number of nitrogens with one attached hydrogen (secondary N) is 2. The molecule has 0 aliphatic rings. The SMILES string of the molecule is O=C(N[C@@H](Cc1c[nH]c2c(I)cccc12)C(=O)O)OCc1ccccc1. The van der Waals surface area contributed by atoms with E-state index in [1.807, 2.05) is 48.5 Å². The summed E-state index contributed by atoms with van der Waals surface area (Å²) in [6.45, 7) is 0.0876. The molecule has 1 heterocycles. The van der Waals surface area contributed by atoms with Crippen LogP contribution in [0.3, 0.4) is 0 Å². The van der Waals surface area contributed by atoms with E-state index < -0.39 is 18.1 Å². The molecule has 0 radical (unpaired) electrons. The molecular weight excluding hydrogens is 447 g/mol. The van der Waals surface area contributed by atoms with E-state index >= 15 is 0 Å². The third-order valence-electron chi connectivity index (χ3n) is 3.98. The molecule has 0 aliphatic heterocycles. The lowest BCUT2D eigenvalue weighted by molar-refractivity contribution is -0.139. The largest absolute Gasteiger partial charge is 0.480 e. The van der Waals surface area contributed by atoms with Crippen LogP contribution in [0.5, 0.6) is 0 Å². The number of alkyl carbamates (subject to hydrolysis) is 1. The summed E-state index contributed by atoms with van der Waals surface area (Å²) in [5, 5.41) is 12.8. The van der Waals surface area contributed by atoms with Crippen molar-refractivity contribution in [1.29, 1.82) is 0 Å². The van der Waals surface area contributed by atoms with Crippen LogP contribution < -0.4 is 5.32 Å². The number of carboxylic acids is 1. The summed E-state index contributed by atoms with van der Waals surface area (Å²) in [6, 6.07) is 13.9. The third kappa shape index (κ3) is 4.34. The Morgan fingerprint density at radius 1 is 1.15 bits per heavy atom. The number of H-pyrrole nitrogens is 1. The zero-order valence-electron chi connectivity index (χ0n) is 13.7. The molecule has 3 aromatic rings. The van der Waals surface area contributed by atoms with Gasteiger partial charge in [0.15, 0.2) is 0 Å². The minimum atomic E-state index is -1.11. The van der Waals surface area contributed by atoms with Crippen molar-refractivity contribution in [3.05, 3.63) is 69.4 Å². The maximum absolute atomic E-state index is 12.0. The van der Waals surface area contributed by atoms with Crippen LogP contribution in [0, 0.1) is 3.57 Å². The molecule has 26 heavy (non-hydrogen) atoms. The molecule has 0 spiro atoms. The van der Waals surface area contributed by atoms with Gasteiger partial charge in [-0.2, -0.15) is 0 Å². The van der Waals surface area contributed by atoms with Crippen molar-refractivity contribution in [3.63, 3.8) is 0 Å². The molecule has 1 atom stereocenters. The van der Waals surface area contributed by atoms with Gasteiger partial charge < -0.3 is 20.1 Å².